The molecule has 0 aromatic rings. The maximum absolute atomic E-state index is 12.0. The van der Waals surface area contributed by atoms with Crippen LogP contribution in [-0.4, -0.2) is 26.8 Å². The van der Waals surface area contributed by atoms with E-state index in [4.69, 9.17) is 5.73 Å². The van der Waals surface area contributed by atoms with Crippen LogP contribution >= 0.6 is 12.4 Å². The van der Waals surface area contributed by atoms with E-state index in [-0.39, 0.29) is 29.6 Å². The Morgan fingerprint density at radius 1 is 1.22 bits per heavy atom. The molecule has 3 N–H and O–H groups in total. The third-order valence-corrected chi connectivity index (χ3v) is 5.07. The van der Waals surface area contributed by atoms with Crippen molar-refractivity contribution in [2.45, 2.75) is 52.5 Å². The highest BCUT2D eigenvalue weighted by Gasteiger charge is 2.29. The van der Waals surface area contributed by atoms with Crippen LogP contribution in [0.1, 0.15) is 46.5 Å². The van der Waals surface area contributed by atoms with Crippen molar-refractivity contribution < 1.29 is 8.42 Å². The zero-order valence-corrected chi connectivity index (χ0v) is 13.2. The predicted octanol–water partition coefficient (Wildman–Crippen LogP) is 1.89. The molecule has 1 saturated carbocycles. The largest absolute Gasteiger partial charge is 0.330 e. The average molecular weight is 299 g/mol. The Kier molecular flexibility index (Phi) is 7.14. The molecule has 0 aromatic carbocycles. The molecule has 6 heteroatoms. The zero-order chi connectivity index (χ0) is 13.1. The minimum absolute atomic E-state index is 0. The van der Waals surface area contributed by atoms with E-state index in [9.17, 15) is 8.42 Å². The molecule has 1 rings (SSSR count). The number of nitrogens with two attached hydrogens (primary N) is 1. The highest BCUT2D eigenvalue weighted by Crippen LogP contribution is 2.25. The molecule has 0 aromatic heterocycles. The van der Waals surface area contributed by atoms with Gasteiger partial charge in [-0.25, -0.2) is 13.1 Å². The molecule has 0 bridgehead atoms. The van der Waals surface area contributed by atoms with E-state index in [0.29, 0.717) is 12.5 Å². The fraction of sp³-hybridized carbons (Fsp3) is 1.00. The van der Waals surface area contributed by atoms with Crippen LogP contribution in [0.5, 0.6) is 0 Å². The zero-order valence-electron chi connectivity index (χ0n) is 11.6. The van der Waals surface area contributed by atoms with Gasteiger partial charge in [-0.05, 0) is 30.7 Å². The Balaban J connectivity index is 0.00000289. The summed E-state index contributed by atoms with van der Waals surface area (Å²) in [4.78, 5) is 0. The molecule has 0 spiro atoms. The first-order valence-electron chi connectivity index (χ1n) is 6.43. The number of nitrogens with one attached hydrogen (secondary N) is 1. The summed E-state index contributed by atoms with van der Waals surface area (Å²) in [5.41, 5.74) is 5.50. The van der Waals surface area contributed by atoms with Gasteiger partial charge in [0.15, 0.2) is 0 Å². The van der Waals surface area contributed by atoms with Gasteiger partial charge in [-0.15, -0.1) is 12.4 Å². The van der Waals surface area contributed by atoms with Gasteiger partial charge in [-0.2, -0.15) is 0 Å². The quantitative estimate of drug-likeness (QED) is 0.832. The van der Waals surface area contributed by atoms with Crippen molar-refractivity contribution in [1.29, 1.82) is 0 Å². The summed E-state index contributed by atoms with van der Waals surface area (Å²) in [6.45, 7) is 6.39. The Labute approximate surface area is 118 Å². The molecule has 2 atom stereocenters. The summed E-state index contributed by atoms with van der Waals surface area (Å²) >= 11 is 0. The normalized spacial score (nSPS) is 25.6. The van der Waals surface area contributed by atoms with Crippen molar-refractivity contribution in [1.82, 2.24) is 4.72 Å². The van der Waals surface area contributed by atoms with Crippen molar-refractivity contribution in [3.8, 4) is 0 Å². The highest BCUT2D eigenvalue weighted by molar-refractivity contribution is 7.89. The van der Waals surface area contributed by atoms with Crippen molar-refractivity contribution in [3.05, 3.63) is 0 Å². The monoisotopic (exact) mass is 298 g/mol. The Bertz CT molecular complexity index is 338. The van der Waals surface area contributed by atoms with Gasteiger partial charge in [0.1, 0.15) is 0 Å². The first-order chi connectivity index (χ1) is 7.73. The second kappa shape index (κ2) is 7.08. The molecule has 4 nitrogen and oxygen atoms in total. The molecule has 2 unspecified atom stereocenters. The topological polar surface area (TPSA) is 72.2 Å². The van der Waals surface area contributed by atoms with Gasteiger partial charge in [-0.3, -0.25) is 0 Å². The summed E-state index contributed by atoms with van der Waals surface area (Å²) in [7, 11) is -3.19. The van der Waals surface area contributed by atoms with Crippen molar-refractivity contribution >= 4 is 22.4 Å². The molecule has 0 saturated heterocycles. The SMILES string of the molecule is CC(C)(C)CS(=O)(=O)NC1CCCCC1CN.Cl. The van der Waals surface area contributed by atoms with E-state index < -0.39 is 10.0 Å². The van der Waals surface area contributed by atoms with Crippen LogP contribution in [0.15, 0.2) is 0 Å². The first kappa shape index (κ1) is 18.2. The minimum atomic E-state index is -3.19. The third-order valence-electron chi connectivity index (χ3n) is 3.17. The molecular weight excluding hydrogens is 272 g/mol. The van der Waals surface area contributed by atoms with Crippen LogP contribution in [0.25, 0.3) is 0 Å². The van der Waals surface area contributed by atoms with E-state index >= 15 is 0 Å². The molecule has 110 valence electrons. The molecule has 1 aliphatic rings. The lowest BCUT2D eigenvalue weighted by atomic mass is 9.85. The van der Waals surface area contributed by atoms with Crippen LogP contribution in [0, 0.1) is 11.3 Å². The van der Waals surface area contributed by atoms with E-state index in [0.717, 1.165) is 19.3 Å². The molecule has 0 heterocycles. The molecule has 18 heavy (non-hydrogen) atoms. The van der Waals surface area contributed by atoms with E-state index in [1.807, 2.05) is 20.8 Å². The second-order valence-corrected chi connectivity index (χ2v) is 8.08. The summed E-state index contributed by atoms with van der Waals surface area (Å²) in [5, 5.41) is 0. The summed E-state index contributed by atoms with van der Waals surface area (Å²) in [6.07, 6.45) is 4.23. The van der Waals surface area contributed by atoms with Crippen LogP contribution in [0.2, 0.25) is 0 Å². The number of hydrogen-bond donors (Lipinski definition) is 2. The Hall–Kier alpha value is 0.160. The maximum Gasteiger partial charge on any atom is 0.212 e. The summed E-state index contributed by atoms with van der Waals surface area (Å²) in [6, 6.07) is 0.0427. The third kappa shape index (κ3) is 6.36. The lowest BCUT2D eigenvalue weighted by Crippen LogP contribution is -2.46. The van der Waals surface area contributed by atoms with Crippen LogP contribution < -0.4 is 10.5 Å². The maximum atomic E-state index is 12.0. The lowest BCUT2D eigenvalue weighted by molar-refractivity contribution is 0.295. The standard InChI is InChI=1S/C12H26N2O2S.ClH/c1-12(2,3)9-17(15,16)14-11-7-5-4-6-10(11)8-13;/h10-11,14H,4-9,13H2,1-3H3;1H. The predicted molar refractivity (Wildman–Crippen MR) is 78.4 cm³/mol. The number of halogens is 1. The average Bonchev–Trinajstić information content (AvgIpc) is 2.14. The summed E-state index contributed by atoms with van der Waals surface area (Å²) in [5.74, 6) is 0.479. The fourth-order valence-corrected chi connectivity index (χ4v) is 4.48. The molecule has 1 fully saturated rings. The van der Waals surface area contributed by atoms with Gasteiger partial charge in [0.25, 0.3) is 0 Å². The number of hydrogen-bond acceptors (Lipinski definition) is 3. The van der Waals surface area contributed by atoms with E-state index in [1.165, 1.54) is 6.42 Å². The van der Waals surface area contributed by atoms with Gasteiger partial charge in [0.2, 0.25) is 10.0 Å². The Morgan fingerprint density at radius 2 is 1.78 bits per heavy atom. The van der Waals surface area contributed by atoms with Crippen LogP contribution in [0.3, 0.4) is 0 Å². The van der Waals surface area contributed by atoms with Crippen LogP contribution in [-0.2, 0) is 10.0 Å². The van der Waals surface area contributed by atoms with Crippen molar-refractivity contribution in [2.75, 3.05) is 12.3 Å². The van der Waals surface area contributed by atoms with Crippen LogP contribution in [0.4, 0.5) is 0 Å². The number of sulfonamides is 1. The van der Waals surface area contributed by atoms with E-state index in [1.54, 1.807) is 0 Å². The molecule has 0 aliphatic heterocycles. The van der Waals surface area contributed by atoms with Crippen molar-refractivity contribution in [2.24, 2.45) is 17.1 Å². The second-order valence-electron chi connectivity index (χ2n) is 6.32. The molecule has 0 radical (unpaired) electrons. The van der Waals surface area contributed by atoms with Crippen molar-refractivity contribution in [3.63, 3.8) is 0 Å². The van der Waals surface area contributed by atoms with Gasteiger partial charge in [-0.1, -0.05) is 33.6 Å². The lowest BCUT2D eigenvalue weighted by Gasteiger charge is -2.32. The van der Waals surface area contributed by atoms with Gasteiger partial charge < -0.3 is 5.73 Å². The van der Waals surface area contributed by atoms with E-state index in [2.05, 4.69) is 4.72 Å². The smallest absolute Gasteiger partial charge is 0.212 e. The van der Waals surface area contributed by atoms with Gasteiger partial charge >= 0.3 is 0 Å². The molecule has 0 amide bonds. The minimum Gasteiger partial charge on any atom is -0.330 e. The fourth-order valence-electron chi connectivity index (χ4n) is 2.49. The van der Waals surface area contributed by atoms with Gasteiger partial charge in [0.05, 0.1) is 5.75 Å². The Morgan fingerprint density at radius 3 is 2.28 bits per heavy atom. The first-order valence-corrected chi connectivity index (χ1v) is 8.09. The number of rotatable bonds is 4. The van der Waals surface area contributed by atoms with Gasteiger partial charge in [0, 0.05) is 6.04 Å². The summed E-state index contributed by atoms with van der Waals surface area (Å²) < 4.78 is 26.9. The molecule has 1 aliphatic carbocycles. The highest BCUT2D eigenvalue weighted by atomic mass is 35.5. The molecular formula is C12H27ClN2O2S.